The molecule has 0 saturated carbocycles. The van der Waals surface area contributed by atoms with Crippen LogP contribution in [0.5, 0.6) is 0 Å². The van der Waals surface area contributed by atoms with Gasteiger partial charge in [0.05, 0.1) is 10.6 Å². The van der Waals surface area contributed by atoms with Crippen LogP contribution in [-0.2, 0) is 15.9 Å². The highest BCUT2D eigenvalue weighted by Crippen LogP contribution is 2.21. The lowest BCUT2D eigenvalue weighted by molar-refractivity contribution is 0.601. The Bertz CT molecular complexity index is 626. The molecule has 0 aliphatic heterocycles. The fraction of sp³-hybridized carbons (Fsp3) is 0.0769. The number of hydrogen-bond donors (Lipinski definition) is 1. The zero-order chi connectivity index (χ0) is 13.0. The van der Waals surface area contributed by atoms with Crippen LogP contribution in [0.25, 0.3) is 0 Å². The second-order valence-electron chi connectivity index (χ2n) is 3.71. The first-order valence-electron chi connectivity index (χ1n) is 5.35. The molecule has 2 aromatic carbocycles. The summed E-state index contributed by atoms with van der Waals surface area (Å²) in [6, 6.07) is 15.3. The van der Waals surface area contributed by atoms with Crippen LogP contribution in [0.4, 0.5) is 5.69 Å². The van der Waals surface area contributed by atoms with Gasteiger partial charge in [0.25, 0.3) is 10.0 Å². The number of rotatable bonds is 4. The van der Waals surface area contributed by atoms with Crippen LogP contribution in [-0.4, -0.2) is 8.42 Å². The maximum Gasteiger partial charge on any atom is 0.261 e. The Morgan fingerprint density at radius 1 is 0.944 bits per heavy atom. The first-order chi connectivity index (χ1) is 8.63. The van der Waals surface area contributed by atoms with E-state index in [2.05, 4.69) is 4.72 Å². The molecular weight excluding hydrogens is 270 g/mol. The van der Waals surface area contributed by atoms with Gasteiger partial charge in [0.15, 0.2) is 0 Å². The topological polar surface area (TPSA) is 46.2 Å². The molecule has 0 atom stereocenters. The fourth-order valence-corrected chi connectivity index (χ4v) is 2.89. The van der Waals surface area contributed by atoms with E-state index >= 15 is 0 Å². The monoisotopic (exact) mass is 281 g/mol. The molecular formula is C13H12ClNO2S. The molecule has 94 valence electrons. The number of benzene rings is 2. The van der Waals surface area contributed by atoms with E-state index in [0.717, 1.165) is 5.56 Å². The predicted octanol–water partition coefficient (Wildman–Crippen LogP) is 3.23. The Kier molecular flexibility index (Phi) is 3.89. The van der Waals surface area contributed by atoms with Crippen LogP contribution in [0, 0.1) is 0 Å². The van der Waals surface area contributed by atoms with Gasteiger partial charge in [0, 0.05) is 5.88 Å². The Morgan fingerprint density at radius 2 is 1.56 bits per heavy atom. The number of alkyl halides is 1. The third-order valence-corrected chi connectivity index (χ3v) is 4.13. The molecule has 0 bridgehead atoms. The van der Waals surface area contributed by atoms with Gasteiger partial charge in [-0.3, -0.25) is 4.72 Å². The Morgan fingerprint density at radius 3 is 2.22 bits per heavy atom. The minimum atomic E-state index is -3.55. The molecule has 2 aromatic rings. The van der Waals surface area contributed by atoms with Crippen molar-refractivity contribution in [2.45, 2.75) is 10.8 Å². The number of hydrogen-bond acceptors (Lipinski definition) is 2. The van der Waals surface area contributed by atoms with E-state index in [1.54, 1.807) is 48.5 Å². The third-order valence-electron chi connectivity index (χ3n) is 2.46. The van der Waals surface area contributed by atoms with Gasteiger partial charge in [0.2, 0.25) is 0 Å². The van der Waals surface area contributed by atoms with Gasteiger partial charge in [0.1, 0.15) is 0 Å². The maximum atomic E-state index is 12.1. The molecule has 18 heavy (non-hydrogen) atoms. The molecule has 0 aromatic heterocycles. The minimum absolute atomic E-state index is 0.231. The van der Waals surface area contributed by atoms with Crippen molar-refractivity contribution >= 4 is 27.3 Å². The summed E-state index contributed by atoms with van der Waals surface area (Å²) in [6.45, 7) is 0. The molecule has 0 fully saturated rings. The number of para-hydroxylation sites is 1. The van der Waals surface area contributed by atoms with E-state index in [9.17, 15) is 8.42 Å². The zero-order valence-corrected chi connectivity index (χ0v) is 11.1. The van der Waals surface area contributed by atoms with Crippen molar-refractivity contribution in [2.75, 3.05) is 4.72 Å². The van der Waals surface area contributed by atoms with Gasteiger partial charge in [-0.05, 0) is 23.8 Å². The SMILES string of the molecule is O=S(=O)(Nc1ccccc1CCl)c1ccccc1. The lowest BCUT2D eigenvalue weighted by Gasteiger charge is -2.10. The first kappa shape index (κ1) is 12.9. The lowest BCUT2D eigenvalue weighted by atomic mass is 10.2. The molecule has 0 spiro atoms. The summed E-state index contributed by atoms with van der Waals surface area (Å²) in [7, 11) is -3.55. The average Bonchev–Trinajstić information content (AvgIpc) is 2.40. The molecule has 5 heteroatoms. The van der Waals surface area contributed by atoms with Crippen LogP contribution < -0.4 is 4.72 Å². The molecule has 0 amide bonds. The van der Waals surface area contributed by atoms with E-state index in [4.69, 9.17) is 11.6 Å². The largest absolute Gasteiger partial charge is 0.279 e. The molecule has 0 aliphatic rings. The minimum Gasteiger partial charge on any atom is -0.279 e. The molecule has 0 aliphatic carbocycles. The van der Waals surface area contributed by atoms with E-state index < -0.39 is 10.0 Å². The molecule has 0 saturated heterocycles. The highest BCUT2D eigenvalue weighted by atomic mass is 35.5. The van der Waals surface area contributed by atoms with Crippen molar-refractivity contribution in [1.82, 2.24) is 0 Å². The molecule has 0 heterocycles. The molecule has 0 unspecified atom stereocenters. The lowest BCUT2D eigenvalue weighted by Crippen LogP contribution is -2.13. The highest BCUT2D eigenvalue weighted by molar-refractivity contribution is 7.92. The maximum absolute atomic E-state index is 12.1. The summed E-state index contributed by atoms with van der Waals surface area (Å²) in [5, 5.41) is 0. The Labute approximate surface area is 111 Å². The summed E-state index contributed by atoms with van der Waals surface area (Å²) in [6.07, 6.45) is 0. The number of anilines is 1. The van der Waals surface area contributed by atoms with Crippen LogP contribution in [0.2, 0.25) is 0 Å². The standard InChI is InChI=1S/C13H12ClNO2S/c14-10-11-6-4-5-9-13(11)15-18(16,17)12-7-2-1-3-8-12/h1-9,15H,10H2. The molecule has 1 N–H and O–H groups in total. The van der Waals surface area contributed by atoms with E-state index in [-0.39, 0.29) is 10.8 Å². The number of halogens is 1. The second-order valence-corrected chi connectivity index (χ2v) is 5.66. The summed E-state index contributed by atoms with van der Waals surface area (Å²) < 4.78 is 26.8. The molecule has 0 radical (unpaired) electrons. The van der Waals surface area contributed by atoms with Crippen LogP contribution >= 0.6 is 11.6 Å². The zero-order valence-electron chi connectivity index (χ0n) is 9.51. The fourth-order valence-electron chi connectivity index (χ4n) is 1.54. The normalized spacial score (nSPS) is 11.2. The second kappa shape index (κ2) is 5.42. The first-order valence-corrected chi connectivity index (χ1v) is 7.37. The van der Waals surface area contributed by atoms with Crippen molar-refractivity contribution in [2.24, 2.45) is 0 Å². The Hall–Kier alpha value is -1.52. The van der Waals surface area contributed by atoms with Crippen molar-refractivity contribution in [3.8, 4) is 0 Å². The smallest absolute Gasteiger partial charge is 0.261 e. The van der Waals surface area contributed by atoms with E-state index in [1.165, 1.54) is 0 Å². The van der Waals surface area contributed by atoms with Crippen LogP contribution in [0.15, 0.2) is 59.5 Å². The number of sulfonamides is 1. The van der Waals surface area contributed by atoms with Crippen molar-refractivity contribution in [1.29, 1.82) is 0 Å². The van der Waals surface area contributed by atoms with E-state index in [0.29, 0.717) is 5.69 Å². The van der Waals surface area contributed by atoms with Gasteiger partial charge < -0.3 is 0 Å². The van der Waals surface area contributed by atoms with Gasteiger partial charge >= 0.3 is 0 Å². The molecule has 3 nitrogen and oxygen atoms in total. The van der Waals surface area contributed by atoms with Crippen LogP contribution in [0.3, 0.4) is 0 Å². The average molecular weight is 282 g/mol. The van der Waals surface area contributed by atoms with Gasteiger partial charge in [-0.25, -0.2) is 8.42 Å². The Balaban J connectivity index is 2.34. The van der Waals surface area contributed by atoms with Crippen molar-refractivity contribution < 1.29 is 8.42 Å². The number of nitrogens with one attached hydrogen (secondary N) is 1. The van der Waals surface area contributed by atoms with Crippen molar-refractivity contribution in [3.05, 3.63) is 60.2 Å². The van der Waals surface area contributed by atoms with Crippen LogP contribution in [0.1, 0.15) is 5.56 Å². The van der Waals surface area contributed by atoms with E-state index in [1.807, 2.05) is 6.07 Å². The quantitative estimate of drug-likeness (QED) is 0.875. The van der Waals surface area contributed by atoms with Crippen molar-refractivity contribution in [3.63, 3.8) is 0 Å². The summed E-state index contributed by atoms with van der Waals surface area (Å²) in [5.74, 6) is 0.257. The molecule has 2 rings (SSSR count). The highest BCUT2D eigenvalue weighted by Gasteiger charge is 2.14. The summed E-state index contributed by atoms with van der Waals surface area (Å²) >= 11 is 5.77. The summed E-state index contributed by atoms with van der Waals surface area (Å²) in [4.78, 5) is 0.231. The van der Waals surface area contributed by atoms with Gasteiger partial charge in [-0.1, -0.05) is 36.4 Å². The van der Waals surface area contributed by atoms with Gasteiger partial charge in [-0.15, -0.1) is 11.6 Å². The predicted molar refractivity (Wildman–Crippen MR) is 73.2 cm³/mol. The third kappa shape index (κ3) is 2.83. The summed E-state index contributed by atoms with van der Waals surface area (Å²) in [5.41, 5.74) is 1.26. The van der Waals surface area contributed by atoms with Gasteiger partial charge in [-0.2, -0.15) is 0 Å².